The van der Waals surface area contributed by atoms with Crippen molar-refractivity contribution in [3.63, 3.8) is 0 Å². The van der Waals surface area contributed by atoms with E-state index in [-0.39, 0.29) is 0 Å². The zero-order valence-electron chi connectivity index (χ0n) is 8.49. The van der Waals surface area contributed by atoms with Gasteiger partial charge in [0.2, 0.25) is 0 Å². The Morgan fingerprint density at radius 3 is 2.64 bits per heavy atom. The highest BCUT2D eigenvalue weighted by molar-refractivity contribution is 5.30. The molecule has 2 atom stereocenters. The molecule has 0 fully saturated rings. The summed E-state index contributed by atoms with van der Waals surface area (Å²) in [6.07, 6.45) is 9.39. The van der Waals surface area contributed by atoms with E-state index in [4.69, 9.17) is 9.47 Å². The highest BCUT2D eigenvalue weighted by Crippen LogP contribution is 2.28. The van der Waals surface area contributed by atoms with Crippen molar-refractivity contribution in [1.29, 1.82) is 0 Å². The SMILES string of the molecule is COC1=C[C@@H]2CC=CN[C@@H]2C=C1OC. The zero-order valence-corrected chi connectivity index (χ0v) is 8.49. The normalized spacial score (nSPS) is 29.6. The molecule has 0 amide bonds. The molecule has 0 saturated heterocycles. The Hall–Kier alpha value is -1.38. The maximum atomic E-state index is 5.26. The van der Waals surface area contributed by atoms with E-state index in [9.17, 15) is 0 Å². The van der Waals surface area contributed by atoms with Crippen molar-refractivity contribution in [1.82, 2.24) is 5.32 Å². The van der Waals surface area contributed by atoms with Gasteiger partial charge in [0.15, 0.2) is 11.5 Å². The van der Waals surface area contributed by atoms with Crippen molar-refractivity contribution < 1.29 is 9.47 Å². The molecule has 2 aliphatic rings. The third kappa shape index (κ3) is 1.50. The van der Waals surface area contributed by atoms with Crippen LogP contribution in [0.5, 0.6) is 0 Å². The number of methoxy groups -OCH3 is 2. The third-order valence-corrected chi connectivity index (χ3v) is 2.66. The van der Waals surface area contributed by atoms with Crippen LogP contribution < -0.4 is 5.32 Å². The van der Waals surface area contributed by atoms with Crippen molar-refractivity contribution in [3.05, 3.63) is 35.9 Å². The van der Waals surface area contributed by atoms with Crippen LogP contribution in [0.4, 0.5) is 0 Å². The second-order valence-corrected chi connectivity index (χ2v) is 3.46. The molecular formula is C11H15NO2. The van der Waals surface area contributed by atoms with E-state index in [1.54, 1.807) is 14.2 Å². The first-order valence-electron chi connectivity index (χ1n) is 4.78. The van der Waals surface area contributed by atoms with Crippen molar-refractivity contribution in [2.75, 3.05) is 14.2 Å². The first-order chi connectivity index (χ1) is 6.85. The molecule has 3 heteroatoms. The van der Waals surface area contributed by atoms with Gasteiger partial charge in [-0.2, -0.15) is 0 Å². The van der Waals surface area contributed by atoms with Crippen LogP contribution in [0.2, 0.25) is 0 Å². The van der Waals surface area contributed by atoms with Crippen LogP contribution in [0.15, 0.2) is 35.9 Å². The maximum Gasteiger partial charge on any atom is 0.158 e. The average Bonchev–Trinajstić information content (AvgIpc) is 2.27. The van der Waals surface area contributed by atoms with Crippen LogP contribution in [0.1, 0.15) is 6.42 Å². The van der Waals surface area contributed by atoms with Gasteiger partial charge in [-0.15, -0.1) is 0 Å². The van der Waals surface area contributed by atoms with Crippen LogP contribution in [0.3, 0.4) is 0 Å². The van der Waals surface area contributed by atoms with Crippen molar-refractivity contribution in [2.24, 2.45) is 5.92 Å². The largest absolute Gasteiger partial charge is 0.493 e. The average molecular weight is 193 g/mol. The summed E-state index contributed by atoms with van der Waals surface area (Å²) in [7, 11) is 3.34. The van der Waals surface area contributed by atoms with Gasteiger partial charge in [-0.3, -0.25) is 0 Å². The van der Waals surface area contributed by atoms with Crippen LogP contribution >= 0.6 is 0 Å². The van der Waals surface area contributed by atoms with E-state index in [0.29, 0.717) is 12.0 Å². The monoisotopic (exact) mass is 193 g/mol. The first kappa shape index (κ1) is 9.19. The van der Waals surface area contributed by atoms with Crippen LogP contribution in [-0.2, 0) is 9.47 Å². The molecule has 1 N–H and O–H groups in total. The number of ether oxygens (including phenoxy) is 2. The van der Waals surface area contributed by atoms with Gasteiger partial charge in [-0.25, -0.2) is 0 Å². The lowest BCUT2D eigenvalue weighted by molar-refractivity contribution is 0.208. The highest BCUT2D eigenvalue weighted by atomic mass is 16.5. The Morgan fingerprint density at radius 1 is 1.21 bits per heavy atom. The summed E-state index contributed by atoms with van der Waals surface area (Å²) in [4.78, 5) is 0. The van der Waals surface area contributed by atoms with Gasteiger partial charge in [0.25, 0.3) is 0 Å². The molecule has 0 aromatic carbocycles. The fourth-order valence-electron chi connectivity index (χ4n) is 1.88. The number of hydrogen-bond donors (Lipinski definition) is 1. The first-order valence-corrected chi connectivity index (χ1v) is 4.78. The Kier molecular flexibility index (Phi) is 2.48. The lowest BCUT2D eigenvalue weighted by Crippen LogP contribution is -2.35. The summed E-state index contributed by atoms with van der Waals surface area (Å²) < 4.78 is 10.5. The fourth-order valence-corrected chi connectivity index (χ4v) is 1.88. The molecule has 0 aromatic heterocycles. The fraction of sp³-hybridized carbons (Fsp3) is 0.455. The van der Waals surface area contributed by atoms with Gasteiger partial charge in [-0.1, -0.05) is 6.08 Å². The number of rotatable bonds is 2. The minimum atomic E-state index is 0.342. The highest BCUT2D eigenvalue weighted by Gasteiger charge is 2.26. The summed E-state index contributed by atoms with van der Waals surface area (Å²) in [6, 6.07) is 0.342. The molecule has 0 radical (unpaired) electrons. The topological polar surface area (TPSA) is 30.5 Å². The number of hydrogen-bond acceptors (Lipinski definition) is 3. The maximum absolute atomic E-state index is 5.26. The molecule has 2 rings (SSSR count). The predicted octanol–water partition coefficient (Wildman–Crippen LogP) is 1.55. The van der Waals surface area contributed by atoms with Crippen LogP contribution in [0, 0.1) is 5.92 Å². The summed E-state index contributed by atoms with van der Waals surface area (Å²) in [6.45, 7) is 0. The van der Waals surface area contributed by atoms with E-state index >= 15 is 0 Å². The summed E-state index contributed by atoms with van der Waals surface area (Å²) in [5, 5.41) is 3.29. The molecule has 3 nitrogen and oxygen atoms in total. The van der Waals surface area contributed by atoms with E-state index in [2.05, 4.69) is 23.5 Å². The predicted molar refractivity (Wildman–Crippen MR) is 54.4 cm³/mol. The molecule has 0 unspecified atom stereocenters. The molecule has 0 bridgehead atoms. The molecule has 1 heterocycles. The van der Waals surface area contributed by atoms with Gasteiger partial charge in [0.05, 0.1) is 20.3 Å². The number of nitrogens with one attached hydrogen (secondary N) is 1. The molecular weight excluding hydrogens is 178 g/mol. The molecule has 76 valence electrons. The van der Waals surface area contributed by atoms with Gasteiger partial charge in [-0.05, 0) is 24.8 Å². The van der Waals surface area contributed by atoms with Crippen LogP contribution in [0.25, 0.3) is 0 Å². The van der Waals surface area contributed by atoms with Gasteiger partial charge in [0.1, 0.15) is 0 Å². The van der Waals surface area contributed by atoms with Crippen molar-refractivity contribution in [3.8, 4) is 0 Å². The second-order valence-electron chi connectivity index (χ2n) is 3.46. The second kappa shape index (κ2) is 3.78. The van der Waals surface area contributed by atoms with Gasteiger partial charge >= 0.3 is 0 Å². The van der Waals surface area contributed by atoms with Crippen molar-refractivity contribution >= 4 is 0 Å². The van der Waals surface area contributed by atoms with E-state index < -0.39 is 0 Å². The van der Waals surface area contributed by atoms with Crippen LogP contribution in [-0.4, -0.2) is 20.3 Å². The summed E-state index contributed by atoms with van der Waals surface area (Å²) in [5.74, 6) is 2.14. The Morgan fingerprint density at radius 2 is 1.93 bits per heavy atom. The minimum Gasteiger partial charge on any atom is -0.493 e. The van der Waals surface area contributed by atoms with E-state index in [1.165, 1.54) is 0 Å². The number of fused-ring (bicyclic) bond motifs is 1. The summed E-state index contributed by atoms with van der Waals surface area (Å²) in [5.41, 5.74) is 0. The van der Waals surface area contributed by atoms with E-state index in [0.717, 1.165) is 17.9 Å². The standard InChI is InChI=1S/C11H15NO2/c1-13-10-6-8-4-3-5-12-9(8)7-11(10)14-2/h3,5-9,12H,4H2,1-2H3/t8-,9+/m0/s1. The molecule has 0 aromatic rings. The quantitative estimate of drug-likeness (QED) is 0.721. The lowest BCUT2D eigenvalue weighted by atomic mass is 9.89. The Bertz CT molecular complexity index is 274. The van der Waals surface area contributed by atoms with Gasteiger partial charge in [0, 0.05) is 5.92 Å². The lowest BCUT2D eigenvalue weighted by Gasteiger charge is -2.30. The minimum absolute atomic E-state index is 0.342. The zero-order chi connectivity index (χ0) is 9.97. The van der Waals surface area contributed by atoms with Crippen molar-refractivity contribution in [2.45, 2.75) is 12.5 Å². The molecule has 14 heavy (non-hydrogen) atoms. The molecule has 1 aliphatic heterocycles. The van der Waals surface area contributed by atoms with Gasteiger partial charge < -0.3 is 14.8 Å². The Balaban J connectivity index is 2.24. The number of allylic oxidation sites excluding steroid dienone is 1. The Labute approximate surface area is 84.1 Å². The van der Waals surface area contributed by atoms with E-state index in [1.807, 2.05) is 6.20 Å². The molecule has 1 aliphatic carbocycles. The molecule has 0 saturated carbocycles. The third-order valence-electron chi connectivity index (χ3n) is 2.66. The smallest absolute Gasteiger partial charge is 0.158 e. The summed E-state index contributed by atoms with van der Waals surface area (Å²) >= 11 is 0. The molecule has 0 spiro atoms.